The Bertz CT molecular complexity index is 1090. The standard InChI is InChI=1S/C22H20N3O2S/c1-26-18-11-15-9-10-25-20(16(15)12-19(18)27-2)17(13-23)22(28-3)24-21(25)14-7-5-4-6-8-14/h4-8,11-12H,9-10H2,1-3H3/q+1. The van der Waals surface area contributed by atoms with E-state index >= 15 is 0 Å². The first-order chi connectivity index (χ1) is 13.7. The Kier molecular flexibility index (Phi) is 4.93. The molecule has 6 heteroatoms. The molecule has 0 atom stereocenters. The van der Waals surface area contributed by atoms with E-state index in [1.54, 1.807) is 14.2 Å². The predicted molar refractivity (Wildman–Crippen MR) is 109 cm³/mol. The van der Waals surface area contributed by atoms with Crippen molar-refractivity contribution in [3.8, 4) is 40.2 Å². The lowest BCUT2D eigenvalue weighted by atomic mass is 9.94. The third kappa shape index (κ3) is 2.88. The van der Waals surface area contributed by atoms with Crippen LogP contribution in [0.25, 0.3) is 22.6 Å². The zero-order valence-corrected chi connectivity index (χ0v) is 16.8. The van der Waals surface area contributed by atoms with Crippen molar-refractivity contribution in [3.05, 3.63) is 53.6 Å². The first-order valence-corrected chi connectivity index (χ1v) is 10.2. The molecule has 0 fully saturated rings. The van der Waals surface area contributed by atoms with Crippen molar-refractivity contribution in [2.24, 2.45) is 0 Å². The molecule has 1 aliphatic heterocycles. The van der Waals surface area contributed by atoms with E-state index in [9.17, 15) is 5.26 Å². The topological polar surface area (TPSA) is 59.0 Å². The summed E-state index contributed by atoms with van der Waals surface area (Å²) in [5.41, 5.74) is 4.66. The van der Waals surface area contributed by atoms with Gasteiger partial charge in [0.1, 0.15) is 6.07 Å². The molecule has 0 unspecified atom stereocenters. The first-order valence-electron chi connectivity index (χ1n) is 8.94. The van der Waals surface area contributed by atoms with Crippen molar-refractivity contribution in [1.82, 2.24) is 4.98 Å². The van der Waals surface area contributed by atoms with Gasteiger partial charge >= 0.3 is 5.82 Å². The average molecular weight is 390 g/mol. The monoisotopic (exact) mass is 390 g/mol. The van der Waals surface area contributed by atoms with E-state index in [-0.39, 0.29) is 0 Å². The summed E-state index contributed by atoms with van der Waals surface area (Å²) in [4.78, 5) is 4.84. The molecule has 0 spiro atoms. The number of aryl methyl sites for hydroxylation is 1. The fourth-order valence-electron chi connectivity index (χ4n) is 3.69. The van der Waals surface area contributed by atoms with Crippen LogP contribution in [-0.2, 0) is 13.0 Å². The summed E-state index contributed by atoms with van der Waals surface area (Å²) in [6.45, 7) is 0.748. The number of nitrogens with zero attached hydrogens (tertiary/aromatic N) is 3. The van der Waals surface area contributed by atoms with Crippen LogP contribution < -0.4 is 14.0 Å². The van der Waals surface area contributed by atoms with Gasteiger partial charge < -0.3 is 9.47 Å². The van der Waals surface area contributed by atoms with Gasteiger partial charge in [0, 0.05) is 12.0 Å². The predicted octanol–water partition coefficient (Wildman–Crippen LogP) is 3.87. The van der Waals surface area contributed by atoms with Crippen LogP contribution in [0.5, 0.6) is 11.5 Å². The van der Waals surface area contributed by atoms with Crippen LogP contribution in [-0.4, -0.2) is 25.5 Å². The lowest BCUT2D eigenvalue weighted by Gasteiger charge is -2.22. The zero-order chi connectivity index (χ0) is 19.7. The van der Waals surface area contributed by atoms with Crippen LogP contribution in [0.1, 0.15) is 11.1 Å². The lowest BCUT2D eigenvalue weighted by molar-refractivity contribution is -0.679. The molecule has 0 saturated carbocycles. The smallest absolute Gasteiger partial charge is 0.332 e. The second-order valence-electron chi connectivity index (χ2n) is 6.41. The molecule has 0 N–H and O–H groups in total. The van der Waals surface area contributed by atoms with Gasteiger partial charge in [0.25, 0.3) is 0 Å². The lowest BCUT2D eigenvalue weighted by Crippen LogP contribution is -2.44. The van der Waals surface area contributed by atoms with Gasteiger partial charge in [-0.3, -0.25) is 0 Å². The number of rotatable bonds is 4. The Labute approximate surface area is 168 Å². The van der Waals surface area contributed by atoms with Gasteiger partial charge in [-0.25, -0.2) is 4.57 Å². The Morgan fingerprint density at radius 1 is 1.11 bits per heavy atom. The molecule has 4 rings (SSSR count). The van der Waals surface area contributed by atoms with Crippen LogP contribution >= 0.6 is 11.8 Å². The molecule has 0 amide bonds. The molecule has 140 valence electrons. The molecule has 3 aromatic rings. The Balaban J connectivity index is 2.07. The van der Waals surface area contributed by atoms with Gasteiger partial charge in [0.2, 0.25) is 5.03 Å². The first kappa shape index (κ1) is 18.3. The molecule has 1 aliphatic rings. The minimum absolute atomic E-state index is 0.598. The van der Waals surface area contributed by atoms with E-state index < -0.39 is 0 Å². The molecule has 2 heterocycles. The molecular weight excluding hydrogens is 370 g/mol. The number of hydrogen-bond donors (Lipinski definition) is 0. The van der Waals surface area contributed by atoms with Crippen molar-refractivity contribution in [1.29, 1.82) is 5.26 Å². The SMILES string of the molecule is COc1cc2c(cc1OC)-c1c(C#N)c(SC)nc(-c3ccccc3)[n+]1CC2. The zero-order valence-electron chi connectivity index (χ0n) is 16.0. The average Bonchev–Trinajstić information content (AvgIpc) is 2.77. The van der Waals surface area contributed by atoms with Gasteiger partial charge in [0.15, 0.2) is 22.8 Å². The van der Waals surface area contributed by atoms with Crippen molar-refractivity contribution < 1.29 is 14.0 Å². The summed E-state index contributed by atoms with van der Waals surface area (Å²) in [7, 11) is 3.27. The normalized spacial score (nSPS) is 11.9. The molecule has 1 aromatic heterocycles. The van der Waals surface area contributed by atoms with Gasteiger partial charge in [0.05, 0.1) is 26.3 Å². The highest BCUT2D eigenvalue weighted by Gasteiger charge is 2.33. The third-order valence-corrected chi connectivity index (χ3v) is 5.67. The van der Waals surface area contributed by atoms with Crippen LogP contribution in [0.15, 0.2) is 47.5 Å². The van der Waals surface area contributed by atoms with Crippen LogP contribution in [0.3, 0.4) is 0 Å². The maximum atomic E-state index is 9.95. The number of ether oxygens (including phenoxy) is 2. The number of fused-ring (bicyclic) bond motifs is 3. The quantitative estimate of drug-likeness (QED) is 0.384. The molecule has 5 nitrogen and oxygen atoms in total. The summed E-state index contributed by atoms with van der Waals surface area (Å²) in [6, 6.07) is 16.5. The van der Waals surface area contributed by atoms with Gasteiger partial charge in [-0.1, -0.05) is 30.0 Å². The minimum Gasteiger partial charge on any atom is -0.493 e. The second-order valence-corrected chi connectivity index (χ2v) is 7.21. The van der Waals surface area contributed by atoms with Crippen molar-refractivity contribution >= 4 is 11.8 Å². The van der Waals surface area contributed by atoms with Crippen molar-refractivity contribution in [2.75, 3.05) is 20.5 Å². The highest BCUT2D eigenvalue weighted by atomic mass is 32.2. The maximum Gasteiger partial charge on any atom is 0.332 e. The summed E-state index contributed by atoms with van der Waals surface area (Å²) in [6.07, 6.45) is 2.78. The summed E-state index contributed by atoms with van der Waals surface area (Å²) in [5.74, 6) is 2.23. The fraction of sp³-hybridized carbons (Fsp3) is 0.227. The number of thioether (sulfide) groups is 1. The van der Waals surface area contributed by atoms with E-state index in [1.807, 2.05) is 36.6 Å². The largest absolute Gasteiger partial charge is 0.493 e. The molecule has 28 heavy (non-hydrogen) atoms. The van der Waals surface area contributed by atoms with Crippen molar-refractivity contribution in [2.45, 2.75) is 18.0 Å². The molecule has 0 bridgehead atoms. The molecular formula is C22H20N3O2S+. The number of aromatic nitrogens is 2. The molecule has 0 radical (unpaired) electrons. The van der Waals surface area contributed by atoms with Gasteiger partial charge in [-0.05, 0) is 41.1 Å². The van der Waals surface area contributed by atoms with Crippen LogP contribution in [0.2, 0.25) is 0 Å². The third-order valence-electron chi connectivity index (χ3n) is 4.99. The van der Waals surface area contributed by atoms with Crippen molar-refractivity contribution in [3.63, 3.8) is 0 Å². The van der Waals surface area contributed by atoms with Crippen LogP contribution in [0.4, 0.5) is 0 Å². The highest BCUT2D eigenvalue weighted by molar-refractivity contribution is 7.98. The summed E-state index contributed by atoms with van der Waals surface area (Å²) >= 11 is 1.49. The number of methoxy groups -OCH3 is 2. The minimum atomic E-state index is 0.598. The summed E-state index contributed by atoms with van der Waals surface area (Å²) < 4.78 is 13.2. The van der Waals surface area contributed by atoms with E-state index in [1.165, 1.54) is 11.8 Å². The fourth-order valence-corrected chi connectivity index (χ4v) is 4.21. The molecule has 2 aromatic carbocycles. The highest BCUT2D eigenvalue weighted by Crippen LogP contribution is 2.39. The number of nitriles is 1. The Morgan fingerprint density at radius 2 is 1.82 bits per heavy atom. The van der Waals surface area contributed by atoms with E-state index in [0.29, 0.717) is 17.1 Å². The van der Waals surface area contributed by atoms with E-state index in [0.717, 1.165) is 46.2 Å². The maximum absolute atomic E-state index is 9.95. The molecule has 0 aliphatic carbocycles. The summed E-state index contributed by atoms with van der Waals surface area (Å²) in [5, 5.41) is 10.7. The Hall–Kier alpha value is -3.04. The van der Waals surface area contributed by atoms with Gasteiger partial charge in [-0.15, -0.1) is 0 Å². The van der Waals surface area contributed by atoms with E-state index in [2.05, 4.69) is 22.8 Å². The Morgan fingerprint density at radius 3 is 2.46 bits per heavy atom. The van der Waals surface area contributed by atoms with Crippen LogP contribution in [0, 0.1) is 11.3 Å². The van der Waals surface area contributed by atoms with Gasteiger partial charge in [-0.2, -0.15) is 5.26 Å². The number of benzene rings is 2. The second kappa shape index (κ2) is 7.53. The van der Waals surface area contributed by atoms with E-state index in [4.69, 9.17) is 14.5 Å². The number of hydrogen-bond acceptors (Lipinski definition) is 5. The molecule has 0 saturated heterocycles.